The van der Waals surface area contributed by atoms with Crippen molar-refractivity contribution in [3.63, 3.8) is 0 Å². The number of hydrogen-bond donors (Lipinski definition) is 0. The maximum absolute atomic E-state index is 12.5. The first-order valence-corrected chi connectivity index (χ1v) is 9.49. The van der Waals surface area contributed by atoms with Crippen LogP contribution in [0.1, 0.15) is 107 Å². The number of ketones is 1. The van der Waals surface area contributed by atoms with Crippen molar-refractivity contribution in [2.75, 3.05) is 0 Å². The Kier molecular flexibility index (Phi) is 7.04. The van der Waals surface area contributed by atoms with Gasteiger partial charge in [-0.15, -0.1) is 0 Å². The number of aryl methyl sites for hydroxylation is 1. The van der Waals surface area contributed by atoms with Gasteiger partial charge in [0.05, 0.1) is 0 Å². The Labute approximate surface area is 143 Å². The highest BCUT2D eigenvalue weighted by Gasteiger charge is 2.40. The van der Waals surface area contributed by atoms with Crippen molar-refractivity contribution in [2.45, 2.75) is 92.4 Å². The molecule has 2 unspecified atom stereocenters. The minimum atomic E-state index is 0.152. The minimum absolute atomic E-state index is 0.152. The zero-order valence-electron chi connectivity index (χ0n) is 16.5. The van der Waals surface area contributed by atoms with E-state index in [0.29, 0.717) is 24.0 Å². The Morgan fingerprint density at radius 3 is 2.39 bits per heavy atom. The predicted octanol–water partition coefficient (Wildman–Crippen LogP) is 6.82. The number of rotatable bonds is 4. The summed E-state index contributed by atoms with van der Waals surface area (Å²) in [6.07, 6.45) is 4.34. The fourth-order valence-corrected chi connectivity index (χ4v) is 3.85. The second-order valence-corrected chi connectivity index (χ2v) is 7.46. The maximum Gasteiger partial charge on any atom is 0.163 e. The highest BCUT2D eigenvalue weighted by atomic mass is 16.1. The van der Waals surface area contributed by atoms with Gasteiger partial charge in [0, 0.05) is 12.0 Å². The summed E-state index contributed by atoms with van der Waals surface area (Å²) in [4.78, 5) is 12.5. The molecule has 0 radical (unpaired) electrons. The molecule has 0 fully saturated rings. The highest BCUT2D eigenvalue weighted by Crippen LogP contribution is 2.45. The van der Waals surface area contributed by atoms with Gasteiger partial charge >= 0.3 is 0 Å². The number of unbranched alkanes of at least 4 members (excludes halogenated alkanes) is 1. The van der Waals surface area contributed by atoms with Gasteiger partial charge in [0.2, 0.25) is 0 Å². The monoisotopic (exact) mass is 316 g/mol. The van der Waals surface area contributed by atoms with Gasteiger partial charge in [0.15, 0.2) is 5.78 Å². The molecular weight excluding hydrogens is 280 g/mol. The number of carbonyl (C=O) groups excluding carboxylic acids is 1. The third-order valence-electron chi connectivity index (χ3n) is 5.57. The van der Waals surface area contributed by atoms with E-state index in [1.807, 2.05) is 13.8 Å². The summed E-state index contributed by atoms with van der Waals surface area (Å²) < 4.78 is 0. The van der Waals surface area contributed by atoms with Crippen LogP contribution in [-0.4, -0.2) is 5.78 Å². The van der Waals surface area contributed by atoms with Crippen LogP contribution < -0.4 is 0 Å². The zero-order chi connectivity index (χ0) is 17.8. The lowest BCUT2D eigenvalue weighted by Gasteiger charge is -2.42. The van der Waals surface area contributed by atoms with Crippen LogP contribution in [0, 0.1) is 12.8 Å². The van der Waals surface area contributed by atoms with Crippen molar-refractivity contribution in [1.29, 1.82) is 0 Å². The Morgan fingerprint density at radius 1 is 1.26 bits per heavy atom. The molecule has 0 saturated heterocycles. The zero-order valence-corrected chi connectivity index (χ0v) is 16.5. The van der Waals surface area contributed by atoms with Crippen molar-refractivity contribution in [2.24, 2.45) is 5.92 Å². The molecule has 23 heavy (non-hydrogen) atoms. The van der Waals surface area contributed by atoms with E-state index in [2.05, 4.69) is 53.7 Å². The standard InChI is InChI=1S/C20H30O.C2H6/c1-7-8-9-20(6)15(5)11-19(21)17-12-16(13(2)3)14(4)10-18(17)20;1-2/h10,12-13,15H,7-9,11H2,1-6H3;1-2H3. The van der Waals surface area contributed by atoms with Gasteiger partial charge in [-0.1, -0.05) is 67.4 Å². The van der Waals surface area contributed by atoms with Crippen LogP contribution in [0.15, 0.2) is 12.1 Å². The summed E-state index contributed by atoms with van der Waals surface area (Å²) in [5.74, 6) is 1.26. The SMILES string of the molecule is CC.CCCCC1(C)c2cc(C)c(C(C)C)cc2C(=O)CC1C. The minimum Gasteiger partial charge on any atom is -0.294 e. The average molecular weight is 317 g/mol. The molecule has 0 amide bonds. The smallest absolute Gasteiger partial charge is 0.163 e. The predicted molar refractivity (Wildman–Crippen MR) is 102 cm³/mol. The molecule has 1 aliphatic carbocycles. The lowest BCUT2D eigenvalue weighted by atomic mass is 9.62. The van der Waals surface area contributed by atoms with Crippen molar-refractivity contribution in [3.05, 3.63) is 34.4 Å². The van der Waals surface area contributed by atoms with Crippen LogP contribution in [0.5, 0.6) is 0 Å². The molecule has 2 rings (SSSR count). The molecule has 0 saturated carbocycles. The topological polar surface area (TPSA) is 17.1 Å². The van der Waals surface area contributed by atoms with E-state index in [1.54, 1.807) is 0 Å². The van der Waals surface area contributed by atoms with Gasteiger partial charge in [0.25, 0.3) is 0 Å². The lowest BCUT2D eigenvalue weighted by molar-refractivity contribution is 0.0908. The molecule has 1 aromatic carbocycles. The molecule has 1 heteroatoms. The third kappa shape index (κ3) is 3.87. The van der Waals surface area contributed by atoms with Crippen molar-refractivity contribution in [3.8, 4) is 0 Å². The van der Waals surface area contributed by atoms with Crippen LogP contribution >= 0.6 is 0 Å². The van der Waals surface area contributed by atoms with Crippen LogP contribution in [0.2, 0.25) is 0 Å². The van der Waals surface area contributed by atoms with Crippen LogP contribution in [0.4, 0.5) is 0 Å². The summed E-state index contributed by atoms with van der Waals surface area (Å²) in [6, 6.07) is 4.50. The molecule has 2 atom stereocenters. The molecule has 130 valence electrons. The Bertz CT molecular complexity index is 541. The lowest BCUT2D eigenvalue weighted by Crippen LogP contribution is -2.38. The fourth-order valence-electron chi connectivity index (χ4n) is 3.85. The first-order valence-electron chi connectivity index (χ1n) is 9.49. The van der Waals surface area contributed by atoms with Crippen molar-refractivity contribution < 1.29 is 4.79 Å². The molecule has 1 aliphatic rings. The average Bonchev–Trinajstić information content (AvgIpc) is 2.52. The largest absolute Gasteiger partial charge is 0.294 e. The fraction of sp³-hybridized carbons (Fsp3) is 0.682. The second kappa shape index (κ2) is 8.13. The summed E-state index contributed by atoms with van der Waals surface area (Å²) >= 11 is 0. The Morgan fingerprint density at radius 2 is 1.87 bits per heavy atom. The molecule has 0 aromatic heterocycles. The number of carbonyl (C=O) groups is 1. The number of benzene rings is 1. The van der Waals surface area contributed by atoms with E-state index in [-0.39, 0.29) is 5.41 Å². The van der Waals surface area contributed by atoms with E-state index < -0.39 is 0 Å². The molecule has 0 N–H and O–H groups in total. The highest BCUT2D eigenvalue weighted by molar-refractivity contribution is 5.99. The third-order valence-corrected chi connectivity index (χ3v) is 5.57. The molecule has 0 spiro atoms. The first-order chi connectivity index (χ1) is 10.8. The van der Waals surface area contributed by atoms with Gasteiger partial charge in [-0.2, -0.15) is 0 Å². The summed E-state index contributed by atoms with van der Waals surface area (Å²) in [5, 5.41) is 0. The van der Waals surface area contributed by atoms with E-state index in [4.69, 9.17) is 0 Å². The normalized spacial score (nSPS) is 23.3. The van der Waals surface area contributed by atoms with Crippen molar-refractivity contribution in [1.82, 2.24) is 0 Å². The number of hydrogen-bond acceptors (Lipinski definition) is 1. The van der Waals surface area contributed by atoms with E-state index >= 15 is 0 Å². The summed E-state index contributed by atoms with van der Waals surface area (Å²) in [7, 11) is 0. The molecule has 0 heterocycles. The van der Waals surface area contributed by atoms with Gasteiger partial charge in [-0.25, -0.2) is 0 Å². The molecule has 1 aromatic rings. The van der Waals surface area contributed by atoms with E-state index in [1.165, 1.54) is 36.0 Å². The van der Waals surface area contributed by atoms with Gasteiger partial charge in [0.1, 0.15) is 0 Å². The number of Topliss-reactive ketones (excluding diaryl/α,β-unsaturated/α-hetero) is 1. The quantitative estimate of drug-likeness (QED) is 0.596. The Balaban J connectivity index is 0.00000127. The van der Waals surface area contributed by atoms with E-state index in [0.717, 1.165) is 5.56 Å². The van der Waals surface area contributed by atoms with Crippen LogP contribution in [0.25, 0.3) is 0 Å². The van der Waals surface area contributed by atoms with Crippen LogP contribution in [-0.2, 0) is 5.41 Å². The second-order valence-electron chi connectivity index (χ2n) is 7.46. The number of fused-ring (bicyclic) bond motifs is 1. The van der Waals surface area contributed by atoms with Crippen molar-refractivity contribution >= 4 is 5.78 Å². The van der Waals surface area contributed by atoms with Gasteiger partial charge in [-0.3, -0.25) is 4.79 Å². The molecule has 0 bridgehead atoms. The summed E-state index contributed by atoms with van der Waals surface area (Å²) in [6.45, 7) is 17.5. The summed E-state index contributed by atoms with van der Waals surface area (Å²) in [5.41, 5.74) is 5.13. The first kappa shape index (κ1) is 19.9. The molecule has 0 aliphatic heterocycles. The van der Waals surface area contributed by atoms with Crippen LogP contribution in [0.3, 0.4) is 0 Å². The molecule has 1 nitrogen and oxygen atoms in total. The Hall–Kier alpha value is -1.11. The van der Waals surface area contributed by atoms with Gasteiger partial charge in [-0.05, 0) is 53.4 Å². The van der Waals surface area contributed by atoms with E-state index in [9.17, 15) is 4.79 Å². The molecular formula is C22H36O. The maximum atomic E-state index is 12.5. The van der Waals surface area contributed by atoms with Gasteiger partial charge < -0.3 is 0 Å².